The zero-order valence-corrected chi connectivity index (χ0v) is 36.5. The lowest BCUT2D eigenvalue weighted by atomic mass is 9.66. The Morgan fingerprint density at radius 1 is 0.277 bits per heavy atom. The van der Waals surface area contributed by atoms with E-state index in [2.05, 4.69) is 266 Å². The smallest absolute Gasteiger partial charge is 0.0721 e. The first-order valence-electron chi connectivity index (χ1n) is 22.6. The SMILES string of the molecule is Cc1ccc(N(c2ccc3c(c2)C(c2ccccc2)(c2cccc4ccccc24)c2cc(N(c4ccc(C)cc4)c4ccc5ccccc5c4)ccc2-3)c2ccc3ccccc3c2)cc1. The van der Waals surface area contributed by atoms with E-state index in [1.165, 1.54) is 76.8 Å². The molecule has 0 radical (unpaired) electrons. The molecule has 0 saturated carbocycles. The summed E-state index contributed by atoms with van der Waals surface area (Å²) in [4.78, 5) is 4.86. The molecule has 0 N–H and O–H groups in total. The normalized spacial score (nSPS) is 12.6. The molecule has 308 valence electrons. The second kappa shape index (κ2) is 15.6. The Labute approximate surface area is 380 Å². The number of hydrogen-bond acceptors (Lipinski definition) is 2. The van der Waals surface area contributed by atoms with Gasteiger partial charge in [-0.2, -0.15) is 0 Å². The number of aryl methyl sites for hydroxylation is 2. The fourth-order valence-corrected chi connectivity index (χ4v) is 10.5. The van der Waals surface area contributed by atoms with E-state index in [9.17, 15) is 0 Å². The molecule has 0 fully saturated rings. The highest BCUT2D eigenvalue weighted by Crippen LogP contribution is 2.59. The Kier molecular flexibility index (Phi) is 9.21. The van der Waals surface area contributed by atoms with Gasteiger partial charge in [0, 0.05) is 34.1 Å². The lowest BCUT2D eigenvalue weighted by Crippen LogP contribution is -2.29. The molecule has 2 heteroatoms. The zero-order chi connectivity index (χ0) is 43.5. The summed E-state index contributed by atoms with van der Waals surface area (Å²) < 4.78 is 0. The van der Waals surface area contributed by atoms with E-state index in [4.69, 9.17) is 0 Å². The van der Waals surface area contributed by atoms with Crippen LogP contribution in [-0.4, -0.2) is 0 Å². The monoisotopic (exact) mass is 830 g/mol. The maximum absolute atomic E-state index is 2.49. The van der Waals surface area contributed by atoms with Crippen molar-refractivity contribution in [2.24, 2.45) is 0 Å². The summed E-state index contributed by atoms with van der Waals surface area (Å²) in [6.45, 7) is 4.31. The van der Waals surface area contributed by atoms with Gasteiger partial charge in [0.25, 0.3) is 0 Å². The third-order valence-corrected chi connectivity index (χ3v) is 13.6. The Morgan fingerprint density at radius 2 is 0.677 bits per heavy atom. The van der Waals surface area contributed by atoms with Crippen molar-refractivity contribution in [1.82, 2.24) is 0 Å². The average Bonchev–Trinajstić information content (AvgIpc) is 3.65. The van der Waals surface area contributed by atoms with Crippen LogP contribution < -0.4 is 9.80 Å². The number of anilines is 6. The van der Waals surface area contributed by atoms with Crippen LogP contribution in [0.3, 0.4) is 0 Å². The highest BCUT2D eigenvalue weighted by Gasteiger charge is 2.47. The number of rotatable bonds is 8. The van der Waals surface area contributed by atoms with Gasteiger partial charge < -0.3 is 9.80 Å². The first kappa shape index (κ1) is 38.5. The summed E-state index contributed by atoms with van der Waals surface area (Å²) >= 11 is 0. The topological polar surface area (TPSA) is 6.48 Å². The van der Waals surface area contributed by atoms with E-state index < -0.39 is 5.41 Å². The molecule has 12 rings (SSSR count). The predicted octanol–water partition coefficient (Wildman–Crippen LogP) is 17.1. The van der Waals surface area contributed by atoms with Crippen LogP contribution in [0.2, 0.25) is 0 Å². The van der Waals surface area contributed by atoms with Gasteiger partial charge in [-0.05, 0) is 152 Å². The van der Waals surface area contributed by atoms with Gasteiger partial charge in [0.15, 0.2) is 0 Å². The fraction of sp³-hybridized carbons (Fsp3) is 0.0476. The average molecular weight is 831 g/mol. The second-order valence-corrected chi connectivity index (χ2v) is 17.5. The van der Waals surface area contributed by atoms with Crippen molar-refractivity contribution in [3.63, 3.8) is 0 Å². The summed E-state index contributed by atoms with van der Waals surface area (Å²) in [7, 11) is 0. The predicted molar refractivity (Wildman–Crippen MR) is 275 cm³/mol. The molecule has 0 aromatic heterocycles. The summed E-state index contributed by atoms with van der Waals surface area (Å²) in [5.74, 6) is 0. The number of benzene rings is 11. The van der Waals surface area contributed by atoms with E-state index >= 15 is 0 Å². The van der Waals surface area contributed by atoms with Crippen molar-refractivity contribution in [3.05, 3.63) is 276 Å². The van der Waals surface area contributed by atoms with Crippen LogP contribution in [0.25, 0.3) is 43.4 Å². The van der Waals surface area contributed by atoms with Crippen molar-refractivity contribution in [1.29, 1.82) is 0 Å². The van der Waals surface area contributed by atoms with Gasteiger partial charge in [-0.1, -0.05) is 181 Å². The molecule has 65 heavy (non-hydrogen) atoms. The summed E-state index contributed by atoms with van der Waals surface area (Å²) in [5.41, 5.74) is 15.9. The third kappa shape index (κ3) is 6.40. The molecular weight excluding hydrogens is 785 g/mol. The van der Waals surface area contributed by atoms with E-state index in [1.807, 2.05) is 0 Å². The molecule has 0 aliphatic heterocycles. The summed E-state index contributed by atoms with van der Waals surface area (Å²) in [6, 6.07) is 90.2. The summed E-state index contributed by atoms with van der Waals surface area (Å²) in [6.07, 6.45) is 0. The van der Waals surface area contributed by atoms with E-state index in [-0.39, 0.29) is 0 Å². The van der Waals surface area contributed by atoms with Crippen LogP contribution in [0.1, 0.15) is 33.4 Å². The highest BCUT2D eigenvalue weighted by atomic mass is 15.1. The quantitative estimate of drug-likeness (QED) is 0.151. The lowest BCUT2D eigenvalue weighted by Gasteiger charge is -2.36. The fourth-order valence-electron chi connectivity index (χ4n) is 10.5. The number of hydrogen-bond donors (Lipinski definition) is 0. The van der Waals surface area contributed by atoms with E-state index in [1.54, 1.807) is 0 Å². The maximum Gasteiger partial charge on any atom is 0.0721 e. The van der Waals surface area contributed by atoms with Crippen molar-refractivity contribution in [2.75, 3.05) is 9.80 Å². The van der Waals surface area contributed by atoms with Gasteiger partial charge in [0.2, 0.25) is 0 Å². The second-order valence-electron chi connectivity index (χ2n) is 17.5. The highest BCUT2D eigenvalue weighted by molar-refractivity contribution is 5.98. The Morgan fingerprint density at radius 3 is 1.20 bits per heavy atom. The molecule has 2 nitrogen and oxygen atoms in total. The van der Waals surface area contributed by atoms with Gasteiger partial charge in [-0.25, -0.2) is 0 Å². The van der Waals surface area contributed by atoms with Crippen LogP contribution in [0.15, 0.2) is 243 Å². The molecule has 1 aliphatic carbocycles. The minimum absolute atomic E-state index is 0.691. The molecule has 0 amide bonds. The minimum atomic E-state index is -0.691. The molecule has 0 unspecified atom stereocenters. The Hall–Kier alpha value is -8.20. The first-order valence-corrected chi connectivity index (χ1v) is 22.6. The molecule has 11 aromatic carbocycles. The first-order chi connectivity index (χ1) is 32.0. The van der Waals surface area contributed by atoms with Crippen LogP contribution in [0, 0.1) is 13.8 Å². The van der Waals surface area contributed by atoms with Gasteiger partial charge >= 0.3 is 0 Å². The van der Waals surface area contributed by atoms with Gasteiger partial charge in [0.1, 0.15) is 0 Å². The zero-order valence-electron chi connectivity index (χ0n) is 36.5. The molecule has 0 atom stereocenters. The van der Waals surface area contributed by atoms with Crippen molar-refractivity contribution >= 4 is 66.4 Å². The Balaban J connectivity index is 1.15. The van der Waals surface area contributed by atoms with E-state index in [0.29, 0.717) is 0 Å². The van der Waals surface area contributed by atoms with Crippen LogP contribution >= 0.6 is 0 Å². The summed E-state index contributed by atoms with van der Waals surface area (Å²) in [5, 5.41) is 7.33. The lowest BCUT2D eigenvalue weighted by molar-refractivity contribution is 0.776. The number of nitrogens with zero attached hydrogens (tertiary/aromatic N) is 2. The van der Waals surface area contributed by atoms with Gasteiger partial charge in [0.05, 0.1) is 5.41 Å². The molecule has 0 bridgehead atoms. The van der Waals surface area contributed by atoms with Crippen LogP contribution in [0.5, 0.6) is 0 Å². The Bertz CT molecular complexity index is 3390. The van der Waals surface area contributed by atoms with Crippen LogP contribution in [-0.2, 0) is 5.41 Å². The molecule has 11 aromatic rings. The third-order valence-electron chi connectivity index (χ3n) is 13.6. The molecular formula is C63H46N2. The van der Waals surface area contributed by atoms with Gasteiger partial charge in [-0.15, -0.1) is 0 Å². The van der Waals surface area contributed by atoms with Crippen molar-refractivity contribution in [3.8, 4) is 11.1 Å². The minimum Gasteiger partial charge on any atom is -0.310 e. The standard InChI is InChI=1S/C63H46N2/c1-43-23-29-51(30-24-43)64(53-33-27-45-13-6-8-16-48(45)39-53)55-35-37-58-59-38-36-56(65(52-31-25-44(2)26-32-52)54-34-28-46-14-7-9-17-49(46)40-54)42-62(59)63(61(58)41-55,50-19-4-3-5-20-50)60-22-12-18-47-15-10-11-21-57(47)60/h3-42H,1-2H3. The maximum atomic E-state index is 2.49. The number of fused-ring (bicyclic) bond motifs is 6. The van der Waals surface area contributed by atoms with Crippen molar-refractivity contribution in [2.45, 2.75) is 19.3 Å². The molecule has 0 saturated heterocycles. The van der Waals surface area contributed by atoms with Crippen molar-refractivity contribution < 1.29 is 0 Å². The van der Waals surface area contributed by atoms with Crippen LogP contribution in [0.4, 0.5) is 34.1 Å². The molecule has 1 aliphatic rings. The van der Waals surface area contributed by atoms with E-state index in [0.717, 1.165) is 34.1 Å². The molecule has 0 heterocycles. The van der Waals surface area contributed by atoms with Gasteiger partial charge in [-0.3, -0.25) is 0 Å². The molecule has 0 spiro atoms. The largest absolute Gasteiger partial charge is 0.310 e.